The van der Waals surface area contributed by atoms with Crippen LogP contribution in [0.4, 0.5) is 0 Å². The SMILES string of the molecule is O=C(NCc1ccc(Cl)cc1Cl)c1cnc2sccn2c1=O. The second kappa shape index (κ2) is 6.08. The number of halogens is 2. The monoisotopic (exact) mass is 353 g/mol. The summed E-state index contributed by atoms with van der Waals surface area (Å²) in [5.74, 6) is -0.496. The molecule has 2 aromatic heterocycles. The molecule has 0 spiro atoms. The zero-order chi connectivity index (χ0) is 15.7. The van der Waals surface area contributed by atoms with Crippen molar-refractivity contribution in [3.63, 3.8) is 0 Å². The Morgan fingerprint density at radius 2 is 2.18 bits per heavy atom. The van der Waals surface area contributed by atoms with Gasteiger partial charge in [-0.1, -0.05) is 29.3 Å². The van der Waals surface area contributed by atoms with Crippen molar-refractivity contribution < 1.29 is 4.79 Å². The maximum absolute atomic E-state index is 12.2. The Balaban J connectivity index is 1.81. The topological polar surface area (TPSA) is 63.5 Å². The normalized spacial score (nSPS) is 10.8. The van der Waals surface area contributed by atoms with E-state index in [1.165, 1.54) is 21.9 Å². The molecule has 2 heterocycles. The number of fused-ring (bicyclic) bond motifs is 1. The van der Waals surface area contributed by atoms with Crippen molar-refractivity contribution in [2.24, 2.45) is 0 Å². The molecule has 0 unspecified atom stereocenters. The molecule has 3 aromatic rings. The van der Waals surface area contributed by atoms with Gasteiger partial charge in [-0.3, -0.25) is 14.0 Å². The smallest absolute Gasteiger partial charge is 0.271 e. The standard InChI is InChI=1S/C14H9Cl2N3O2S/c15-9-2-1-8(11(16)5-9)6-17-12(20)10-7-18-14-19(13(10)21)3-4-22-14/h1-5,7H,6H2,(H,17,20). The van der Waals surface area contributed by atoms with Crippen molar-refractivity contribution in [3.05, 3.63) is 67.5 Å². The van der Waals surface area contributed by atoms with Crippen molar-refractivity contribution in [2.45, 2.75) is 6.54 Å². The summed E-state index contributed by atoms with van der Waals surface area (Å²) in [7, 11) is 0. The summed E-state index contributed by atoms with van der Waals surface area (Å²) in [5, 5.41) is 5.37. The molecular formula is C14H9Cl2N3O2S. The number of nitrogens with one attached hydrogen (secondary N) is 1. The minimum Gasteiger partial charge on any atom is -0.348 e. The molecule has 0 aliphatic carbocycles. The molecule has 1 aromatic carbocycles. The summed E-state index contributed by atoms with van der Waals surface area (Å²) in [6.07, 6.45) is 2.87. The predicted molar refractivity (Wildman–Crippen MR) is 87.0 cm³/mol. The van der Waals surface area contributed by atoms with E-state index in [2.05, 4.69) is 10.3 Å². The van der Waals surface area contributed by atoms with E-state index in [0.717, 1.165) is 0 Å². The summed E-state index contributed by atoms with van der Waals surface area (Å²) in [4.78, 5) is 29.0. The molecule has 1 amide bonds. The van der Waals surface area contributed by atoms with Crippen molar-refractivity contribution in [1.29, 1.82) is 0 Å². The van der Waals surface area contributed by atoms with Gasteiger partial charge in [-0.15, -0.1) is 11.3 Å². The van der Waals surface area contributed by atoms with E-state index in [0.29, 0.717) is 20.6 Å². The lowest BCUT2D eigenvalue weighted by molar-refractivity contribution is 0.0949. The van der Waals surface area contributed by atoms with Crippen LogP contribution < -0.4 is 10.9 Å². The number of thiazole rings is 1. The van der Waals surface area contributed by atoms with Crippen LogP contribution in [0.1, 0.15) is 15.9 Å². The van der Waals surface area contributed by atoms with Crippen LogP contribution >= 0.6 is 34.5 Å². The number of aromatic nitrogens is 2. The number of hydrogen-bond acceptors (Lipinski definition) is 4. The first-order valence-electron chi connectivity index (χ1n) is 6.23. The third-order valence-corrected chi connectivity index (χ3v) is 4.40. The predicted octanol–water partition coefficient (Wildman–Crippen LogP) is 2.99. The van der Waals surface area contributed by atoms with Crippen LogP contribution in [0.3, 0.4) is 0 Å². The fraction of sp³-hybridized carbons (Fsp3) is 0.0714. The van der Waals surface area contributed by atoms with Gasteiger partial charge >= 0.3 is 0 Å². The van der Waals surface area contributed by atoms with Crippen LogP contribution in [-0.4, -0.2) is 15.3 Å². The fourth-order valence-electron chi connectivity index (χ4n) is 1.92. The lowest BCUT2D eigenvalue weighted by atomic mass is 10.2. The highest BCUT2D eigenvalue weighted by molar-refractivity contribution is 7.15. The Morgan fingerprint density at radius 3 is 2.95 bits per heavy atom. The van der Waals surface area contributed by atoms with E-state index in [-0.39, 0.29) is 12.1 Å². The molecule has 0 saturated carbocycles. The molecule has 112 valence electrons. The average Bonchev–Trinajstić information content (AvgIpc) is 2.96. The summed E-state index contributed by atoms with van der Waals surface area (Å²) < 4.78 is 1.34. The summed E-state index contributed by atoms with van der Waals surface area (Å²) in [6.45, 7) is 0.195. The molecule has 3 rings (SSSR count). The summed E-state index contributed by atoms with van der Waals surface area (Å²) in [5.41, 5.74) is 0.302. The van der Waals surface area contributed by atoms with E-state index in [4.69, 9.17) is 23.2 Å². The second-order valence-corrected chi connectivity index (χ2v) is 6.17. The van der Waals surface area contributed by atoms with Gasteiger partial charge in [-0.05, 0) is 17.7 Å². The van der Waals surface area contributed by atoms with E-state index in [1.807, 2.05) is 0 Å². The Bertz CT molecular complexity index is 920. The van der Waals surface area contributed by atoms with Crippen LogP contribution in [0.25, 0.3) is 4.96 Å². The minimum absolute atomic E-state index is 0.0130. The van der Waals surface area contributed by atoms with Gasteiger partial charge in [-0.2, -0.15) is 0 Å². The van der Waals surface area contributed by atoms with Gasteiger partial charge < -0.3 is 5.32 Å². The minimum atomic E-state index is -0.496. The Hall–Kier alpha value is -1.89. The fourth-order valence-corrected chi connectivity index (χ4v) is 3.07. The Kier molecular flexibility index (Phi) is 4.15. The van der Waals surface area contributed by atoms with E-state index in [9.17, 15) is 9.59 Å². The van der Waals surface area contributed by atoms with Crippen molar-refractivity contribution in [3.8, 4) is 0 Å². The number of carbonyl (C=O) groups is 1. The van der Waals surface area contributed by atoms with Crippen LogP contribution in [0.2, 0.25) is 10.0 Å². The van der Waals surface area contributed by atoms with E-state index in [1.54, 1.807) is 29.8 Å². The van der Waals surface area contributed by atoms with Crippen molar-refractivity contribution in [1.82, 2.24) is 14.7 Å². The van der Waals surface area contributed by atoms with Gasteiger partial charge in [0.05, 0.1) is 0 Å². The van der Waals surface area contributed by atoms with E-state index < -0.39 is 11.5 Å². The zero-order valence-electron chi connectivity index (χ0n) is 11.0. The lowest BCUT2D eigenvalue weighted by Crippen LogP contribution is -2.30. The number of hydrogen-bond donors (Lipinski definition) is 1. The molecule has 0 fully saturated rings. The van der Waals surface area contributed by atoms with Gasteiger partial charge in [0.15, 0.2) is 4.96 Å². The van der Waals surface area contributed by atoms with E-state index >= 15 is 0 Å². The summed E-state index contributed by atoms with van der Waals surface area (Å²) in [6, 6.07) is 5.00. The maximum atomic E-state index is 12.2. The molecule has 0 aliphatic heterocycles. The zero-order valence-corrected chi connectivity index (χ0v) is 13.4. The number of benzene rings is 1. The van der Waals surface area contributed by atoms with Gasteiger partial charge in [-0.25, -0.2) is 4.98 Å². The van der Waals surface area contributed by atoms with Gasteiger partial charge in [0.1, 0.15) is 5.56 Å². The third kappa shape index (κ3) is 2.85. The molecular weight excluding hydrogens is 345 g/mol. The highest BCUT2D eigenvalue weighted by Crippen LogP contribution is 2.20. The third-order valence-electron chi connectivity index (χ3n) is 3.04. The quantitative estimate of drug-likeness (QED) is 0.787. The lowest BCUT2D eigenvalue weighted by Gasteiger charge is -2.07. The maximum Gasteiger partial charge on any atom is 0.271 e. The van der Waals surface area contributed by atoms with Gasteiger partial charge in [0.2, 0.25) is 0 Å². The van der Waals surface area contributed by atoms with Gasteiger partial charge in [0, 0.05) is 34.4 Å². The highest BCUT2D eigenvalue weighted by atomic mass is 35.5. The molecule has 22 heavy (non-hydrogen) atoms. The Morgan fingerprint density at radius 1 is 1.36 bits per heavy atom. The number of nitrogens with zero attached hydrogens (tertiary/aromatic N) is 2. The highest BCUT2D eigenvalue weighted by Gasteiger charge is 2.14. The largest absolute Gasteiger partial charge is 0.348 e. The second-order valence-electron chi connectivity index (χ2n) is 4.45. The molecule has 1 N–H and O–H groups in total. The number of amides is 1. The molecule has 0 atom stereocenters. The van der Waals surface area contributed by atoms with Crippen molar-refractivity contribution >= 4 is 45.4 Å². The molecule has 8 heteroatoms. The molecule has 5 nitrogen and oxygen atoms in total. The van der Waals surface area contributed by atoms with Crippen LogP contribution in [0.15, 0.2) is 40.8 Å². The first-order valence-corrected chi connectivity index (χ1v) is 7.87. The molecule has 0 saturated heterocycles. The van der Waals surface area contributed by atoms with Gasteiger partial charge in [0.25, 0.3) is 11.5 Å². The van der Waals surface area contributed by atoms with Crippen molar-refractivity contribution in [2.75, 3.05) is 0 Å². The molecule has 0 bridgehead atoms. The molecule has 0 aliphatic rings. The Labute approximate surface area is 139 Å². The number of rotatable bonds is 3. The average molecular weight is 354 g/mol. The molecule has 0 radical (unpaired) electrons. The summed E-state index contributed by atoms with van der Waals surface area (Å²) >= 11 is 13.2. The number of carbonyl (C=O) groups excluding carboxylic acids is 1. The van der Waals surface area contributed by atoms with Crippen LogP contribution in [0.5, 0.6) is 0 Å². The first kappa shape index (κ1) is 15.0. The van der Waals surface area contributed by atoms with Crippen LogP contribution in [0, 0.1) is 0 Å². The van der Waals surface area contributed by atoms with Crippen LogP contribution in [-0.2, 0) is 6.54 Å². The first-order chi connectivity index (χ1) is 10.6.